The summed E-state index contributed by atoms with van der Waals surface area (Å²) < 4.78 is 37.2. The van der Waals surface area contributed by atoms with Gasteiger partial charge in [-0.05, 0) is 32.0 Å². The molecule has 0 fully saturated rings. The van der Waals surface area contributed by atoms with E-state index in [2.05, 4.69) is 15.4 Å². The first kappa shape index (κ1) is 22.3. The summed E-state index contributed by atoms with van der Waals surface area (Å²) in [5, 5.41) is 5.90. The molecule has 0 unspecified atom stereocenters. The summed E-state index contributed by atoms with van der Waals surface area (Å²) in [4.78, 5) is 6.60. The molecule has 2 N–H and O–H groups in total. The first-order chi connectivity index (χ1) is 14.9. The van der Waals surface area contributed by atoms with Gasteiger partial charge in [0.15, 0.2) is 17.3 Å². The van der Waals surface area contributed by atoms with Gasteiger partial charge in [-0.15, -0.1) is 5.11 Å². The maximum Gasteiger partial charge on any atom is 0.229 e. The predicted molar refractivity (Wildman–Crippen MR) is 118 cm³/mol. The van der Waals surface area contributed by atoms with Crippen molar-refractivity contribution in [2.75, 3.05) is 32.6 Å². The number of ether oxygens (including phenoxy) is 2. The van der Waals surface area contributed by atoms with E-state index in [1.165, 1.54) is 19.2 Å². The highest BCUT2D eigenvalue weighted by atomic mass is 32.2. The van der Waals surface area contributed by atoms with Crippen LogP contribution in [0.15, 0.2) is 68.3 Å². The summed E-state index contributed by atoms with van der Waals surface area (Å²) in [6.07, 6.45) is 0. The SMILES string of the molecule is CCN(CC)C1=N/C(=C(/N=N)S(=O)(=O)c2ccccc2)Nc2cc(OC)c(OC)cc21. The number of amidine groups is 1. The van der Waals surface area contributed by atoms with Crippen LogP contribution in [0.2, 0.25) is 0 Å². The Morgan fingerprint density at radius 2 is 1.71 bits per heavy atom. The average Bonchev–Trinajstić information content (AvgIpc) is 2.79. The van der Waals surface area contributed by atoms with Gasteiger partial charge in [0.2, 0.25) is 14.9 Å². The molecular formula is C21H25N5O4S. The molecule has 2 aromatic rings. The molecule has 0 amide bonds. The van der Waals surface area contributed by atoms with Crippen molar-refractivity contribution in [3.63, 3.8) is 0 Å². The minimum absolute atomic E-state index is 0.0273. The summed E-state index contributed by atoms with van der Waals surface area (Å²) in [7, 11) is -0.996. The average molecular weight is 444 g/mol. The van der Waals surface area contributed by atoms with Gasteiger partial charge >= 0.3 is 0 Å². The van der Waals surface area contributed by atoms with Crippen molar-refractivity contribution in [2.45, 2.75) is 18.7 Å². The molecular weight excluding hydrogens is 418 g/mol. The number of fused-ring (bicyclic) bond motifs is 1. The summed E-state index contributed by atoms with van der Waals surface area (Å²) in [5.41, 5.74) is 8.92. The molecule has 0 spiro atoms. The Balaban J connectivity index is 2.28. The van der Waals surface area contributed by atoms with Gasteiger partial charge in [-0.25, -0.2) is 18.9 Å². The third kappa shape index (κ3) is 4.11. The molecule has 0 saturated carbocycles. The van der Waals surface area contributed by atoms with Gasteiger partial charge in [-0.2, -0.15) is 0 Å². The molecule has 0 atom stereocenters. The van der Waals surface area contributed by atoms with E-state index in [0.29, 0.717) is 36.1 Å². The van der Waals surface area contributed by atoms with E-state index in [-0.39, 0.29) is 10.7 Å². The topological polar surface area (TPSA) is 116 Å². The molecule has 9 nitrogen and oxygen atoms in total. The number of benzene rings is 2. The molecule has 0 saturated heterocycles. The maximum absolute atomic E-state index is 13.2. The number of sulfone groups is 1. The van der Waals surface area contributed by atoms with Crippen LogP contribution in [-0.2, 0) is 9.84 Å². The van der Waals surface area contributed by atoms with Gasteiger partial charge in [0.05, 0.1) is 24.8 Å². The van der Waals surface area contributed by atoms with Crippen molar-refractivity contribution in [1.82, 2.24) is 4.90 Å². The van der Waals surface area contributed by atoms with Crippen LogP contribution in [0.4, 0.5) is 5.69 Å². The van der Waals surface area contributed by atoms with Gasteiger partial charge in [0.25, 0.3) is 0 Å². The number of hydrogen-bond acceptors (Lipinski definition) is 9. The second-order valence-corrected chi connectivity index (χ2v) is 8.43. The summed E-state index contributed by atoms with van der Waals surface area (Å²) in [5.74, 6) is 1.53. The smallest absolute Gasteiger partial charge is 0.229 e. The van der Waals surface area contributed by atoms with E-state index in [1.54, 1.807) is 37.4 Å². The number of aliphatic imine (C=N–C) groups is 1. The Kier molecular flexibility index (Phi) is 6.59. The van der Waals surface area contributed by atoms with Crippen LogP contribution in [0.5, 0.6) is 11.5 Å². The molecule has 1 heterocycles. The molecule has 31 heavy (non-hydrogen) atoms. The molecule has 0 bridgehead atoms. The van der Waals surface area contributed by atoms with Crippen LogP contribution in [0.25, 0.3) is 0 Å². The van der Waals surface area contributed by atoms with Crippen molar-refractivity contribution in [2.24, 2.45) is 10.1 Å². The Bertz CT molecular complexity index is 1140. The van der Waals surface area contributed by atoms with Crippen LogP contribution < -0.4 is 14.8 Å². The van der Waals surface area contributed by atoms with Crippen LogP contribution in [0.3, 0.4) is 0 Å². The molecule has 2 aromatic carbocycles. The van der Waals surface area contributed by atoms with Gasteiger partial charge in [0.1, 0.15) is 5.84 Å². The Morgan fingerprint density at radius 3 is 2.26 bits per heavy atom. The Hall–Kier alpha value is -3.40. The lowest BCUT2D eigenvalue weighted by atomic mass is 10.1. The lowest BCUT2D eigenvalue weighted by Crippen LogP contribution is -2.34. The molecule has 0 aliphatic carbocycles. The number of anilines is 1. The molecule has 10 heteroatoms. The zero-order valence-electron chi connectivity index (χ0n) is 17.8. The highest BCUT2D eigenvalue weighted by Gasteiger charge is 2.30. The predicted octanol–water partition coefficient (Wildman–Crippen LogP) is 3.85. The lowest BCUT2D eigenvalue weighted by Gasteiger charge is -2.29. The van der Waals surface area contributed by atoms with Crippen LogP contribution in [-0.4, -0.2) is 46.5 Å². The fourth-order valence-corrected chi connectivity index (χ4v) is 4.52. The van der Waals surface area contributed by atoms with Gasteiger partial charge in [0, 0.05) is 24.7 Å². The maximum atomic E-state index is 13.2. The normalized spacial score (nSPS) is 14.6. The van der Waals surface area contributed by atoms with E-state index < -0.39 is 14.9 Å². The first-order valence-corrected chi connectivity index (χ1v) is 11.2. The van der Waals surface area contributed by atoms with Crippen molar-refractivity contribution in [3.05, 3.63) is 58.9 Å². The zero-order chi connectivity index (χ0) is 22.6. The highest BCUT2D eigenvalue weighted by Crippen LogP contribution is 2.38. The van der Waals surface area contributed by atoms with E-state index in [4.69, 9.17) is 15.0 Å². The Morgan fingerprint density at radius 1 is 1.10 bits per heavy atom. The van der Waals surface area contributed by atoms with Gasteiger partial charge in [-0.3, -0.25) is 0 Å². The molecule has 1 aliphatic heterocycles. The standard InChI is InChI=1S/C21H25N5O4S/c1-5-26(6-2)20-15-12-17(29-3)18(30-4)13-16(15)23-19(24-20)21(25-22)31(27,28)14-10-8-7-9-11-14/h7-13,22-23H,5-6H2,1-4H3/b21-19-,25-22?. The zero-order valence-corrected chi connectivity index (χ0v) is 18.7. The third-order valence-corrected chi connectivity index (χ3v) is 6.60. The quantitative estimate of drug-likeness (QED) is 0.628. The van der Waals surface area contributed by atoms with E-state index >= 15 is 0 Å². The highest BCUT2D eigenvalue weighted by molar-refractivity contribution is 7.95. The van der Waals surface area contributed by atoms with E-state index in [0.717, 1.165) is 5.56 Å². The van der Waals surface area contributed by atoms with Gasteiger partial charge in [-0.1, -0.05) is 18.2 Å². The fourth-order valence-electron chi connectivity index (χ4n) is 3.31. The van der Waals surface area contributed by atoms with Gasteiger partial charge < -0.3 is 19.7 Å². The van der Waals surface area contributed by atoms with E-state index in [1.807, 2.05) is 18.7 Å². The lowest BCUT2D eigenvalue weighted by molar-refractivity contribution is 0.355. The second-order valence-electron chi connectivity index (χ2n) is 6.57. The summed E-state index contributed by atoms with van der Waals surface area (Å²) >= 11 is 0. The molecule has 0 aromatic heterocycles. The number of rotatable bonds is 7. The molecule has 164 valence electrons. The van der Waals surface area contributed by atoms with Crippen molar-refractivity contribution in [1.29, 1.82) is 5.53 Å². The third-order valence-electron chi connectivity index (χ3n) is 4.91. The molecule has 1 aliphatic rings. The number of hydrogen-bond donors (Lipinski definition) is 2. The largest absolute Gasteiger partial charge is 0.493 e. The minimum atomic E-state index is -4.06. The van der Waals surface area contributed by atoms with Crippen molar-refractivity contribution in [3.8, 4) is 11.5 Å². The summed E-state index contributed by atoms with van der Waals surface area (Å²) in [6, 6.07) is 11.4. The summed E-state index contributed by atoms with van der Waals surface area (Å²) in [6.45, 7) is 5.26. The fraction of sp³-hybridized carbons (Fsp3) is 0.286. The number of nitrogens with zero attached hydrogens (tertiary/aromatic N) is 3. The molecule has 0 radical (unpaired) electrons. The van der Waals surface area contributed by atoms with Crippen molar-refractivity contribution < 1.29 is 17.9 Å². The van der Waals surface area contributed by atoms with Crippen LogP contribution in [0.1, 0.15) is 19.4 Å². The van der Waals surface area contributed by atoms with E-state index in [9.17, 15) is 8.42 Å². The number of methoxy groups -OCH3 is 2. The molecule has 3 rings (SSSR count). The van der Waals surface area contributed by atoms with Crippen molar-refractivity contribution >= 4 is 21.4 Å². The van der Waals surface area contributed by atoms with Crippen LogP contribution >= 0.6 is 0 Å². The Labute approximate surface area is 181 Å². The minimum Gasteiger partial charge on any atom is -0.493 e. The van der Waals surface area contributed by atoms with Crippen LogP contribution in [0, 0.1) is 5.53 Å². The second kappa shape index (κ2) is 9.17. The monoisotopic (exact) mass is 443 g/mol. The first-order valence-electron chi connectivity index (χ1n) is 9.70. The number of nitrogens with one attached hydrogen (secondary N) is 2.